The standard InChI is InChI=1S/C12H25NO3S.ClH/c1-2-3-4-5-6-12(14)11-13-7-9-17(15,16)10-8-13;/h12,14H,2-11H2,1H3;1H. The predicted molar refractivity (Wildman–Crippen MR) is 69.0 cm³/mol. The van der Waals surface area contributed by atoms with Crippen LogP contribution in [0.2, 0.25) is 0 Å². The minimum Gasteiger partial charge on any atom is -1.00 e. The van der Waals surface area contributed by atoms with E-state index in [2.05, 4.69) is 6.92 Å². The molecule has 1 heterocycles. The van der Waals surface area contributed by atoms with Crippen molar-refractivity contribution >= 4 is 9.84 Å². The van der Waals surface area contributed by atoms with E-state index >= 15 is 0 Å². The lowest BCUT2D eigenvalue weighted by Gasteiger charge is -2.25. The predicted octanol–water partition coefficient (Wildman–Crippen LogP) is -3.36. The Balaban J connectivity index is 0.00000289. The van der Waals surface area contributed by atoms with Crippen molar-refractivity contribution in [2.45, 2.75) is 45.1 Å². The van der Waals surface area contributed by atoms with Crippen molar-refractivity contribution in [2.24, 2.45) is 0 Å². The second-order valence-corrected chi connectivity index (χ2v) is 7.41. The van der Waals surface area contributed by atoms with Crippen molar-refractivity contribution in [2.75, 3.05) is 31.1 Å². The topological polar surface area (TPSA) is 58.8 Å². The number of halogens is 1. The first kappa shape index (κ1) is 18.2. The molecule has 0 aromatic carbocycles. The molecular formula is C12H26ClNO3S. The van der Waals surface area contributed by atoms with Gasteiger partial charge in [-0.2, -0.15) is 0 Å². The van der Waals surface area contributed by atoms with Gasteiger partial charge in [0.15, 0.2) is 9.84 Å². The van der Waals surface area contributed by atoms with Crippen LogP contribution < -0.4 is 17.3 Å². The average molecular weight is 300 g/mol. The van der Waals surface area contributed by atoms with Gasteiger partial charge < -0.3 is 22.4 Å². The zero-order chi connectivity index (χ0) is 12.7. The molecule has 0 aromatic rings. The fourth-order valence-corrected chi connectivity index (χ4v) is 3.68. The number of nitrogens with one attached hydrogen (secondary N) is 1. The number of hydrogen-bond donors (Lipinski definition) is 2. The lowest BCUT2D eigenvalue weighted by atomic mass is 10.1. The first-order valence-corrected chi connectivity index (χ1v) is 8.57. The normalized spacial score (nSPS) is 21.2. The molecule has 1 aliphatic heterocycles. The molecule has 4 nitrogen and oxygen atoms in total. The molecule has 0 radical (unpaired) electrons. The number of rotatable bonds is 7. The smallest absolute Gasteiger partial charge is 0.161 e. The maximum atomic E-state index is 11.3. The Morgan fingerprint density at radius 1 is 1.17 bits per heavy atom. The summed E-state index contributed by atoms with van der Waals surface area (Å²) >= 11 is 0. The van der Waals surface area contributed by atoms with Crippen LogP contribution in [0.15, 0.2) is 0 Å². The van der Waals surface area contributed by atoms with Crippen LogP contribution >= 0.6 is 0 Å². The SMILES string of the molecule is CCCCCCC(O)C[NH+]1CCS(=O)(=O)CC1.[Cl-]. The average Bonchev–Trinajstić information content (AvgIpc) is 2.28. The first-order valence-electron chi connectivity index (χ1n) is 6.75. The van der Waals surface area contributed by atoms with Crippen LogP contribution in [-0.4, -0.2) is 50.8 Å². The summed E-state index contributed by atoms with van der Waals surface area (Å²) in [6.45, 7) is 4.21. The van der Waals surface area contributed by atoms with Gasteiger partial charge in [0.2, 0.25) is 0 Å². The van der Waals surface area contributed by atoms with E-state index in [4.69, 9.17) is 0 Å². The second kappa shape index (κ2) is 9.13. The molecule has 0 aromatic heterocycles. The molecule has 110 valence electrons. The van der Waals surface area contributed by atoms with Gasteiger partial charge in [0, 0.05) is 0 Å². The van der Waals surface area contributed by atoms with Gasteiger partial charge in [-0.05, 0) is 6.42 Å². The third kappa shape index (κ3) is 7.56. The monoisotopic (exact) mass is 299 g/mol. The molecule has 0 aliphatic carbocycles. The Morgan fingerprint density at radius 2 is 1.78 bits per heavy atom. The van der Waals surface area contributed by atoms with Gasteiger partial charge in [0.1, 0.15) is 12.6 Å². The van der Waals surface area contributed by atoms with Gasteiger partial charge in [-0.1, -0.05) is 32.6 Å². The number of aliphatic hydroxyl groups is 1. The van der Waals surface area contributed by atoms with Crippen LogP contribution in [0.5, 0.6) is 0 Å². The van der Waals surface area contributed by atoms with Crippen LogP contribution in [0.3, 0.4) is 0 Å². The molecule has 0 saturated carbocycles. The Hall–Kier alpha value is 0.160. The van der Waals surface area contributed by atoms with Gasteiger partial charge in [-0.15, -0.1) is 0 Å². The molecule has 0 bridgehead atoms. The number of unbranched alkanes of at least 4 members (excludes halogenated alkanes) is 3. The van der Waals surface area contributed by atoms with Crippen molar-refractivity contribution in [1.29, 1.82) is 0 Å². The van der Waals surface area contributed by atoms with E-state index in [1.807, 2.05) is 0 Å². The number of quaternary nitrogens is 1. The van der Waals surface area contributed by atoms with Crippen molar-refractivity contribution in [1.82, 2.24) is 0 Å². The summed E-state index contributed by atoms with van der Waals surface area (Å²) in [6.07, 6.45) is 5.32. The molecule has 1 rings (SSSR count). The summed E-state index contributed by atoms with van der Waals surface area (Å²) < 4.78 is 22.5. The summed E-state index contributed by atoms with van der Waals surface area (Å²) in [5.74, 6) is 0.565. The minimum atomic E-state index is -2.78. The molecule has 2 N–H and O–H groups in total. The third-order valence-corrected chi connectivity index (χ3v) is 5.10. The number of hydrogen-bond acceptors (Lipinski definition) is 3. The zero-order valence-electron chi connectivity index (χ0n) is 11.2. The van der Waals surface area contributed by atoms with Crippen LogP contribution in [0, 0.1) is 0 Å². The molecule has 1 atom stereocenters. The molecule has 1 unspecified atom stereocenters. The van der Waals surface area contributed by atoms with Crippen molar-refractivity contribution in [3.05, 3.63) is 0 Å². The molecule has 6 heteroatoms. The highest BCUT2D eigenvalue weighted by Crippen LogP contribution is 2.04. The van der Waals surface area contributed by atoms with E-state index in [1.54, 1.807) is 0 Å². The van der Waals surface area contributed by atoms with E-state index < -0.39 is 9.84 Å². The second-order valence-electron chi connectivity index (χ2n) is 5.11. The Kier molecular flexibility index (Phi) is 9.21. The van der Waals surface area contributed by atoms with Gasteiger partial charge >= 0.3 is 0 Å². The van der Waals surface area contributed by atoms with E-state index in [9.17, 15) is 13.5 Å². The molecule has 0 spiro atoms. The molecule has 1 fully saturated rings. The van der Waals surface area contributed by atoms with Crippen LogP contribution in [0.1, 0.15) is 39.0 Å². The van der Waals surface area contributed by atoms with Crippen LogP contribution in [-0.2, 0) is 9.84 Å². The van der Waals surface area contributed by atoms with Crippen molar-refractivity contribution < 1.29 is 30.8 Å². The van der Waals surface area contributed by atoms with E-state index in [1.165, 1.54) is 24.2 Å². The summed E-state index contributed by atoms with van der Waals surface area (Å²) in [5.41, 5.74) is 0. The Labute approximate surface area is 117 Å². The molecule has 18 heavy (non-hydrogen) atoms. The molecule has 1 saturated heterocycles. The van der Waals surface area contributed by atoms with Crippen molar-refractivity contribution in [3.63, 3.8) is 0 Å². The Morgan fingerprint density at radius 3 is 2.33 bits per heavy atom. The van der Waals surface area contributed by atoms with Crippen LogP contribution in [0.25, 0.3) is 0 Å². The van der Waals surface area contributed by atoms with Gasteiger partial charge in [-0.3, -0.25) is 0 Å². The zero-order valence-corrected chi connectivity index (χ0v) is 12.8. The highest BCUT2D eigenvalue weighted by atomic mass is 35.5. The van der Waals surface area contributed by atoms with Gasteiger partial charge in [0.25, 0.3) is 0 Å². The summed E-state index contributed by atoms with van der Waals surface area (Å²) in [5, 5.41) is 9.86. The Bertz CT molecular complexity index is 294. The highest BCUT2D eigenvalue weighted by Gasteiger charge is 2.25. The summed E-state index contributed by atoms with van der Waals surface area (Å²) in [7, 11) is -2.78. The van der Waals surface area contributed by atoms with Crippen molar-refractivity contribution in [3.8, 4) is 0 Å². The minimum absolute atomic E-state index is 0. The maximum Gasteiger partial charge on any atom is 0.161 e. The number of sulfone groups is 1. The van der Waals surface area contributed by atoms with E-state index in [0.29, 0.717) is 19.6 Å². The third-order valence-electron chi connectivity index (χ3n) is 3.45. The van der Waals surface area contributed by atoms with Gasteiger partial charge in [0.05, 0.1) is 24.6 Å². The van der Waals surface area contributed by atoms with Gasteiger partial charge in [-0.25, -0.2) is 8.42 Å². The summed E-state index contributed by atoms with van der Waals surface area (Å²) in [4.78, 5) is 1.24. The van der Waals surface area contributed by atoms with E-state index in [-0.39, 0.29) is 30.0 Å². The largest absolute Gasteiger partial charge is 1.00 e. The maximum absolute atomic E-state index is 11.3. The fourth-order valence-electron chi connectivity index (χ4n) is 2.27. The number of aliphatic hydroxyl groups excluding tert-OH is 1. The quantitative estimate of drug-likeness (QED) is 0.483. The van der Waals surface area contributed by atoms with E-state index in [0.717, 1.165) is 12.8 Å². The molecule has 0 amide bonds. The van der Waals surface area contributed by atoms with Crippen LogP contribution in [0.4, 0.5) is 0 Å². The fraction of sp³-hybridized carbons (Fsp3) is 1.00. The lowest BCUT2D eigenvalue weighted by molar-refractivity contribution is -0.899. The molecular weight excluding hydrogens is 274 g/mol. The summed E-state index contributed by atoms with van der Waals surface area (Å²) in [6, 6.07) is 0. The highest BCUT2D eigenvalue weighted by molar-refractivity contribution is 7.91. The lowest BCUT2D eigenvalue weighted by Crippen LogP contribution is -3.15. The first-order chi connectivity index (χ1) is 8.03. The molecule has 1 aliphatic rings.